The van der Waals surface area contributed by atoms with Gasteiger partial charge in [0, 0.05) is 31.6 Å². The molecule has 8 nitrogen and oxygen atoms in total. The number of imidazole rings is 1. The van der Waals surface area contributed by atoms with Crippen molar-refractivity contribution in [2.75, 3.05) is 7.11 Å². The molecule has 0 aliphatic heterocycles. The van der Waals surface area contributed by atoms with Gasteiger partial charge in [0.1, 0.15) is 0 Å². The maximum atomic E-state index is 5.63. The summed E-state index contributed by atoms with van der Waals surface area (Å²) >= 11 is 0. The number of benzene rings is 1. The van der Waals surface area contributed by atoms with Gasteiger partial charge < -0.3 is 13.8 Å². The second kappa shape index (κ2) is 8.85. The number of aromatic nitrogens is 6. The Kier molecular flexibility index (Phi) is 5.62. The Bertz CT molecular complexity index is 1110. The van der Waals surface area contributed by atoms with Gasteiger partial charge in [-0.1, -0.05) is 48.7 Å². The predicted molar refractivity (Wildman–Crippen MR) is 115 cm³/mol. The third-order valence-corrected chi connectivity index (χ3v) is 5.89. The molecule has 0 bridgehead atoms. The van der Waals surface area contributed by atoms with Gasteiger partial charge in [0.15, 0.2) is 0 Å². The Morgan fingerprint density at radius 2 is 1.97 bits per heavy atom. The minimum absolute atomic E-state index is 0.415. The summed E-state index contributed by atoms with van der Waals surface area (Å²) in [4.78, 5) is 8.74. The molecule has 8 heteroatoms. The van der Waals surface area contributed by atoms with E-state index in [4.69, 9.17) is 9.26 Å². The molecule has 0 unspecified atom stereocenters. The predicted octanol–water partition coefficient (Wildman–Crippen LogP) is 4.50. The van der Waals surface area contributed by atoms with Crippen LogP contribution in [0.15, 0.2) is 53.7 Å². The molecule has 0 saturated heterocycles. The van der Waals surface area contributed by atoms with Gasteiger partial charge in [-0.2, -0.15) is 10.1 Å². The Balaban J connectivity index is 1.38. The summed E-state index contributed by atoms with van der Waals surface area (Å²) in [5.74, 6) is 1.05. The summed E-state index contributed by atoms with van der Waals surface area (Å²) in [5, 5.41) is 8.88. The van der Waals surface area contributed by atoms with E-state index >= 15 is 0 Å². The maximum absolute atomic E-state index is 5.63. The summed E-state index contributed by atoms with van der Waals surface area (Å²) in [6.45, 7) is 1.24. The molecule has 1 aliphatic rings. The van der Waals surface area contributed by atoms with Crippen LogP contribution in [0.3, 0.4) is 0 Å². The van der Waals surface area contributed by atoms with Gasteiger partial charge in [-0.3, -0.25) is 4.68 Å². The molecule has 1 aromatic carbocycles. The first-order valence-electron chi connectivity index (χ1n) is 10.8. The molecule has 3 aromatic heterocycles. The zero-order chi connectivity index (χ0) is 21.0. The highest BCUT2D eigenvalue weighted by molar-refractivity contribution is 5.61. The van der Waals surface area contributed by atoms with E-state index in [1.807, 2.05) is 35.4 Å². The van der Waals surface area contributed by atoms with Crippen molar-refractivity contribution in [3.05, 3.63) is 60.4 Å². The van der Waals surface area contributed by atoms with Crippen LogP contribution in [0.4, 0.5) is 0 Å². The van der Waals surface area contributed by atoms with E-state index in [-0.39, 0.29) is 0 Å². The molecule has 0 N–H and O–H groups in total. The Morgan fingerprint density at radius 3 is 2.71 bits per heavy atom. The molecule has 160 valence electrons. The third-order valence-electron chi connectivity index (χ3n) is 5.89. The molecule has 1 aliphatic carbocycles. The topological polar surface area (TPSA) is 83.8 Å². The molecule has 0 atom stereocenters. The van der Waals surface area contributed by atoms with Crippen LogP contribution in [0.5, 0.6) is 0 Å². The molecule has 3 heterocycles. The molecule has 1 fully saturated rings. The van der Waals surface area contributed by atoms with Gasteiger partial charge in [-0.05, 0) is 18.4 Å². The zero-order valence-corrected chi connectivity index (χ0v) is 17.6. The number of nitrogens with zero attached hydrogens (tertiary/aromatic N) is 6. The van der Waals surface area contributed by atoms with Gasteiger partial charge in [0.2, 0.25) is 5.82 Å². The van der Waals surface area contributed by atoms with E-state index in [0.717, 1.165) is 36.2 Å². The van der Waals surface area contributed by atoms with Crippen LogP contribution in [-0.4, -0.2) is 36.6 Å². The average molecular weight is 419 g/mol. The lowest BCUT2D eigenvalue weighted by molar-refractivity contribution is 0.171. The Labute approximate surface area is 180 Å². The highest BCUT2D eigenvalue weighted by Crippen LogP contribution is 2.33. The fraction of sp³-hybridized carbons (Fsp3) is 0.391. The van der Waals surface area contributed by atoms with E-state index in [2.05, 4.69) is 37.0 Å². The van der Waals surface area contributed by atoms with Crippen molar-refractivity contribution in [2.45, 2.75) is 51.3 Å². The SMILES string of the molecule is COCc1c(-c2nc(-c3ccc(Cn4ccnc4)cc3)no2)cnn1C1CCCCC1. The van der Waals surface area contributed by atoms with Crippen molar-refractivity contribution in [1.29, 1.82) is 0 Å². The van der Waals surface area contributed by atoms with Crippen molar-refractivity contribution < 1.29 is 9.26 Å². The fourth-order valence-corrected chi connectivity index (χ4v) is 4.29. The Hall–Kier alpha value is -3.26. The van der Waals surface area contributed by atoms with E-state index in [1.54, 1.807) is 13.3 Å². The number of ether oxygens (including phenoxy) is 1. The first-order chi connectivity index (χ1) is 15.3. The molecule has 5 rings (SSSR count). The van der Waals surface area contributed by atoms with E-state index < -0.39 is 0 Å². The second-order valence-electron chi connectivity index (χ2n) is 8.03. The molecule has 1 saturated carbocycles. The summed E-state index contributed by atoms with van der Waals surface area (Å²) in [6, 6.07) is 8.59. The highest BCUT2D eigenvalue weighted by Gasteiger charge is 2.24. The van der Waals surface area contributed by atoms with Crippen molar-refractivity contribution in [3.8, 4) is 22.8 Å². The van der Waals surface area contributed by atoms with E-state index in [0.29, 0.717) is 24.4 Å². The average Bonchev–Trinajstić information content (AvgIpc) is 3.56. The van der Waals surface area contributed by atoms with Gasteiger partial charge in [0.05, 0.1) is 36.4 Å². The van der Waals surface area contributed by atoms with Crippen molar-refractivity contribution >= 4 is 0 Å². The smallest absolute Gasteiger partial charge is 0.261 e. The molecule has 0 radical (unpaired) electrons. The molecular formula is C23H26N6O2. The van der Waals surface area contributed by atoms with Crippen LogP contribution >= 0.6 is 0 Å². The summed E-state index contributed by atoms with van der Waals surface area (Å²) < 4.78 is 15.2. The standard InChI is InChI=1S/C23H26N6O2/c1-30-15-21-20(13-25-29(21)19-5-3-2-4-6-19)23-26-22(27-31-23)18-9-7-17(8-10-18)14-28-12-11-24-16-28/h7-13,16,19H,2-6,14-15H2,1H3. The lowest BCUT2D eigenvalue weighted by Crippen LogP contribution is -2.17. The number of methoxy groups -OCH3 is 1. The largest absolute Gasteiger partial charge is 0.378 e. The van der Waals surface area contributed by atoms with Crippen LogP contribution in [0, 0.1) is 0 Å². The van der Waals surface area contributed by atoms with Crippen LogP contribution in [-0.2, 0) is 17.9 Å². The highest BCUT2D eigenvalue weighted by atomic mass is 16.5. The molecule has 0 amide bonds. The Morgan fingerprint density at radius 1 is 1.13 bits per heavy atom. The van der Waals surface area contributed by atoms with Crippen molar-refractivity contribution in [1.82, 2.24) is 29.5 Å². The second-order valence-corrected chi connectivity index (χ2v) is 8.03. The van der Waals surface area contributed by atoms with Crippen LogP contribution in [0.25, 0.3) is 22.8 Å². The number of hydrogen-bond donors (Lipinski definition) is 0. The van der Waals surface area contributed by atoms with Gasteiger partial charge >= 0.3 is 0 Å². The van der Waals surface area contributed by atoms with Gasteiger partial charge in [-0.25, -0.2) is 4.98 Å². The van der Waals surface area contributed by atoms with Gasteiger partial charge in [0.25, 0.3) is 5.89 Å². The first-order valence-corrected chi connectivity index (χ1v) is 10.8. The molecular weight excluding hydrogens is 392 g/mol. The van der Waals surface area contributed by atoms with Crippen molar-refractivity contribution in [2.24, 2.45) is 0 Å². The van der Waals surface area contributed by atoms with Crippen LogP contribution in [0.2, 0.25) is 0 Å². The van der Waals surface area contributed by atoms with Gasteiger partial charge in [-0.15, -0.1) is 0 Å². The minimum Gasteiger partial charge on any atom is -0.378 e. The number of rotatable bonds is 7. The van der Waals surface area contributed by atoms with E-state index in [9.17, 15) is 0 Å². The molecule has 31 heavy (non-hydrogen) atoms. The zero-order valence-electron chi connectivity index (χ0n) is 17.6. The number of hydrogen-bond acceptors (Lipinski definition) is 6. The summed E-state index contributed by atoms with van der Waals surface area (Å²) in [5.41, 5.74) is 3.95. The summed E-state index contributed by atoms with van der Waals surface area (Å²) in [6.07, 6.45) is 13.5. The lowest BCUT2D eigenvalue weighted by Gasteiger charge is -2.24. The summed E-state index contributed by atoms with van der Waals surface area (Å²) in [7, 11) is 1.70. The molecule has 0 spiro atoms. The normalized spacial score (nSPS) is 14.9. The third kappa shape index (κ3) is 4.16. The quantitative estimate of drug-likeness (QED) is 0.439. The fourth-order valence-electron chi connectivity index (χ4n) is 4.29. The molecule has 4 aromatic rings. The van der Waals surface area contributed by atoms with E-state index in [1.165, 1.54) is 24.8 Å². The van der Waals surface area contributed by atoms with Crippen LogP contribution < -0.4 is 0 Å². The minimum atomic E-state index is 0.415. The van der Waals surface area contributed by atoms with Crippen LogP contribution in [0.1, 0.15) is 49.4 Å². The maximum Gasteiger partial charge on any atom is 0.261 e. The van der Waals surface area contributed by atoms with Crippen molar-refractivity contribution in [3.63, 3.8) is 0 Å². The first kappa shape index (κ1) is 19.7. The monoisotopic (exact) mass is 418 g/mol. The lowest BCUT2D eigenvalue weighted by atomic mass is 9.95.